The van der Waals surface area contributed by atoms with Gasteiger partial charge in [0.15, 0.2) is 5.76 Å². The zero-order valence-corrected chi connectivity index (χ0v) is 11.1. The second-order valence-electron chi connectivity index (χ2n) is 5.56. The van der Waals surface area contributed by atoms with Crippen molar-refractivity contribution < 1.29 is 9.21 Å². The van der Waals surface area contributed by atoms with Crippen LogP contribution < -0.4 is 11.1 Å². The number of nitrogens with one attached hydrogen (secondary N) is 1. The first-order valence-corrected chi connectivity index (χ1v) is 6.68. The van der Waals surface area contributed by atoms with Gasteiger partial charge in [-0.3, -0.25) is 4.79 Å². The molecule has 1 aromatic heterocycles. The highest BCUT2D eigenvalue weighted by Gasteiger charge is 2.26. The smallest absolute Gasteiger partial charge is 0.287 e. The predicted molar refractivity (Wildman–Crippen MR) is 70.0 cm³/mol. The number of carbonyl (C=O) groups excluding carboxylic acids is 1. The Balaban J connectivity index is 1.94. The molecule has 4 nitrogen and oxygen atoms in total. The van der Waals surface area contributed by atoms with Gasteiger partial charge in [-0.15, -0.1) is 0 Å². The largest absolute Gasteiger partial charge is 0.455 e. The molecule has 1 aliphatic carbocycles. The molecule has 1 aliphatic rings. The van der Waals surface area contributed by atoms with E-state index in [-0.39, 0.29) is 11.9 Å². The highest BCUT2D eigenvalue weighted by atomic mass is 16.4. The average molecular weight is 250 g/mol. The molecular weight excluding hydrogens is 228 g/mol. The number of hydrogen-bond donors (Lipinski definition) is 2. The summed E-state index contributed by atoms with van der Waals surface area (Å²) in [6, 6.07) is 3.71. The van der Waals surface area contributed by atoms with Crippen LogP contribution in [0.2, 0.25) is 0 Å². The van der Waals surface area contributed by atoms with E-state index in [1.165, 1.54) is 6.42 Å². The van der Waals surface area contributed by atoms with E-state index in [9.17, 15) is 4.79 Å². The monoisotopic (exact) mass is 250 g/mol. The van der Waals surface area contributed by atoms with Crippen LogP contribution in [0.3, 0.4) is 0 Å². The van der Waals surface area contributed by atoms with Gasteiger partial charge in [-0.1, -0.05) is 13.8 Å². The Morgan fingerprint density at radius 2 is 2.00 bits per heavy atom. The van der Waals surface area contributed by atoms with Gasteiger partial charge in [0, 0.05) is 6.04 Å². The van der Waals surface area contributed by atoms with Gasteiger partial charge in [0.1, 0.15) is 5.76 Å². The molecule has 3 N–H and O–H groups in total. The maximum absolute atomic E-state index is 12.0. The quantitative estimate of drug-likeness (QED) is 0.864. The number of furan rings is 1. The van der Waals surface area contributed by atoms with Crippen LogP contribution in [-0.2, 0) is 6.54 Å². The summed E-state index contributed by atoms with van der Waals surface area (Å²) >= 11 is 0. The van der Waals surface area contributed by atoms with E-state index < -0.39 is 0 Å². The van der Waals surface area contributed by atoms with Gasteiger partial charge in [0.25, 0.3) is 5.91 Å². The summed E-state index contributed by atoms with van der Waals surface area (Å²) in [4.78, 5) is 12.0. The van der Waals surface area contributed by atoms with Crippen LogP contribution >= 0.6 is 0 Å². The third kappa shape index (κ3) is 3.13. The number of nitrogens with two attached hydrogens (primary N) is 1. The first-order chi connectivity index (χ1) is 8.58. The highest BCUT2D eigenvalue weighted by Crippen LogP contribution is 2.28. The molecule has 2 rings (SSSR count). The molecule has 100 valence electrons. The van der Waals surface area contributed by atoms with Gasteiger partial charge in [0.2, 0.25) is 0 Å². The molecule has 1 fully saturated rings. The Morgan fingerprint density at radius 3 is 2.56 bits per heavy atom. The maximum atomic E-state index is 12.0. The van der Waals surface area contributed by atoms with Crippen molar-refractivity contribution in [3.05, 3.63) is 23.7 Å². The Morgan fingerprint density at radius 1 is 1.33 bits per heavy atom. The highest BCUT2D eigenvalue weighted by molar-refractivity contribution is 5.91. The van der Waals surface area contributed by atoms with E-state index in [2.05, 4.69) is 19.2 Å². The molecule has 0 radical (unpaired) electrons. The number of rotatable bonds is 3. The fourth-order valence-corrected chi connectivity index (χ4v) is 2.93. The molecule has 1 saturated carbocycles. The predicted octanol–water partition coefficient (Wildman–Crippen LogP) is 2.29. The van der Waals surface area contributed by atoms with Crippen molar-refractivity contribution in [3.8, 4) is 0 Å². The third-order valence-electron chi connectivity index (χ3n) is 3.60. The van der Waals surface area contributed by atoms with E-state index >= 15 is 0 Å². The SMILES string of the molecule is CC1CC(C)CC(NC(=O)c2ccc(CN)o2)C1. The molecular formula is C14H22N2O2. The number of amides is 1. The zero-order valence-electron chi connectivity index (χ0n) is 11.1. The molecule has 0 bridgehead atoms. The van der Waals surface area contributed by atoms with Crippen LogP contribution in [0.15, 0.2) is 16.5 Å². The minimum Gasteiger partial charge on any atom is -0.455 e. The molecule has 1 amide bonds. The minimum atomic E-state index is -0.124. The first kappa shape index (κ1) is 13.1. The van der Waals surface area contributed by atoms with E-state index in [0.717, 1.165) is 12.8 Å². The van der Waals surface area contributed by atoms with Crippen molar-refractivity contribution >= 4 is 5.91 Å². The first-order valence-electron chi connectivity index (χ1n) is 6.68. The lowest BCUT2D eigenvalue weighted by Crippen LogP contribution is -2.39. The van der Waals surface area contributed by atoms with Crippen LogP contribution in [0.25, 0.3) is 0 Å². The summed E-state index contributed by atoms with van der Waals surface area (Å²) in [6.45, 7) is 4.81. The van der Waals surface area contributed by atoms with Gasteiger partial charge >= 0.3 is 0 Å². The third-order valence-corrected chi connectivity index (χ3v) is 3.60. The lowest BCUT2D eigenvalue weighted by atomic mass is 9.80. The summed E-state index contributed by atoms with van der Waals surface area (Å²) in [5.41, 5.74) is 5.46. The lowest BCUT2D eigenvalue weighted by molar-refractivity contribution is 0.0881. The summed E-state index contributed by atoms with van der Waals surface area (Å²) in [7, 11) is 0. The van der Waals surface area contributed by atoms with Crippen LogP contribution in [0, 0.1) is 11.8 Å². The second kappa shape index (κ2) is 5.57. The maximum Gasteiger partial charge on any atom is 0.287 e. The van der Waals surface area contributed by atoms with E-state index in [4.69, 9.17) is 10.2 Å². The van der Waals surface area contributed by atoms with Gasteiger partial charge in [-0.2, -0.15) is 0 Å². The minimum absolute atomic E-state index is 0.124. The van der Waals surface area contributed by atoms with Gasteiger partial charge in [-0.05, 0) is 43.2 Å². The Kier molecular flexibility index (Phi) is 4.07. The molecule has 0 aromatic carbocycles. The van der Waals surface area contributed by atoms with Crippen LogP contribution in [0.1, 0.15) is 49.4 Å². The molecule has 18 heavy (non-hydrogen) atoms. The number of hydrogen-bond acceptors (Lipinski definition) is 3. The Bertz CT molecular complexity index is 404. The van der Waals surface area contributed by atoms with E-state index in [0.29, 0.717) is 29.9 Å². The van der Waals surface area contributed by atoms with Gasteiger partial charge < -0.3 is 15.5 Å². The average Bonchev–Trinajstić information content (AvgIpc) is 2.75. The van der Waals surface area contributed by atoms with Crippen molar-refractivity contribution in [2.24, 2.45) is 17.6 Å². The topological polar surface area (TPSA) is 68.3 Å². The normalized spacial score (nSPS) is 28.1. The van der Waals surface area contributed by atoms with E-state index in [1.54, 1.807) is 12.1 Å². The Labute approximate surface area is 108 Å². The van der Waals surface area contributed by atoms with E-state index in [1.807, 2.05) is 0 Å². The van der Waals surface area contributed by atoms with Crippen molar-refractivity contribution in [3.63, 3.8) is 0 Å². The lowest BCUT2D eigenvalue weighted by Gasteiger charge is -2.31. The summed E-state index contributed by atoms with van der Waals surface area (Å²) in [6.07, 6.45) is 3.37. The summed E-state index contributed by atoms with van der Waals surface area (Å²) in [5, 5.41) is 3.06. The fourth-order valence-electron chi connectivity index (χ4n) is 2.93. The van der Waals surface area contributed by atoms with Crippen molar-refractivity contribution in [2.45, 2.75) is 45.7 Å². The molecule has 0 spiro atoms. The summed E-state index contributed by atoms with van der Waals surface area (Å²) < 4.78 is 5.35. The van der Waals surface area contributed by atoms with Crippen LogP contribution in [0.5, 0.6) is 0 Å². The standard InChI is InChI=1S/C14H22N2O2/c1-9-5-10(2)7-11(6-9)16-14(17)13-4-3-12(8-15)18-13/h3-4,9-11H,5-8,15H2,1-2H3,(H,16,17). The molecule has 0 aliphatic heterocycles. The molecule has 4 heteroatoms. The zero-order chi connectivity index (χ0) is 13.1. The van der Waals surface area contributed by atoms with Crippen molar-refractivity contribution in [1.29, 1.82) is 0 Å². The van der Waals surface area contributed by atoms with Gasteiger partial charge in [-0.25, -0.2) is 0 Å². The number of carbonyl (C=O) groups is 1. The summed E-state index contributed by atoms with van der Waals surface area (Å²) in [5.74, 6) is 2.23. The van der Waals surface area contributed by atoms with Crippen LogP contribution in [0.4, 0.5) is 0 Å². The van der Waals surface area contributed by atoms with Crippen molar-refractivity contribution in [2.75, 3.05) is 0 Å². The molecule has 2 atom stereocenters. The van der Waals surface area contributed by atoms with Crippen LogP contribution in [-0.4, -0.2) is 11.9 Å². The fraction of sp³-hybridized carbons (Fsp3) is 0.643. The molecule has 1 aromatic rings. The molecule has 1 heterocycles. The van der Waals surface area contributed by atoms with Crippen molar-refractivity contribution in [1.82, 2.24) is 5.32 Å². The van der Waals surface area contributed by atoms with Gasteiger partial charge in [0.05, 0.1) is 6.54 Å². The second-order valence-corrected chi connectivity index (χ2v) is 5.56. The molecule has 2 unspecified atom stereocenters. The Hall–Kier alpha value is -1.29. The molecule has 0 saturated heterocycles.